The molecule has 0 aliphatic heterocycles. The standard InChI is InChI=1S/C12H10O6/c13-9-6-4-2-1-3-5(6)7(11(15)16)8(10(9)14)12(17)18/h1-4,13-18H. The average molecular weight is 250 g/mol. The number of aliphatic hydroxyl groups excluding tert-OH is 2. The zero-order valence-corrected chi connectivity index (χ0v) is 8.99. The summed E-state index contributed by atoms with van der Waals surface area (Å²) in [5, 5.41) is 55.3. The fraction of sp³-hybridized carbons (Fsp3) is 0. The van der Waals surface area contributed by atoms with E-state index in [1.165, 1.54) is 12.1 Å². The van der Waals surface area contributed by atoms with Gasteiger partial charge < -0.3 is 30.6 Å². The normalized spacial score (nSPS) is 10.4. The van der Waals surface area contributed by atoms with E-state index in [9.17, 15) is 20.4 Å². The summed E-state index contributed by atoms with van der Waals surface area (Å²) in [7, 11) is 0. The summed E-state index contributed by atoms with van der Waals surface area (Å²) in [5.74, 6) is -3.95. The van der Waals surface area contributed by atoms with Gasteiger partial charge in [0, 0.05) is 10.8 Å². The second-order valence-electron chi connectivity index (χ2n) is 3.64. The maximum absolute atomic E-state index is 9.74. The molecule has 0 saturated carbocycles. The van der Waals surface area contributed by atoms with Crippen LogP contribution >= 0.6 is 0 Å². The highest BCUT2D eigenvalue weighted by Gasteiger charge is 2.15. The molecular weight excluding hydrogens is 240 g/mol. The second kappa shape index (κ2) is 3.92. The molecule has 0 aliphatic carbocycles. The Morgan fingerprint density at radius 2 is 1.17 bits per heavy atom. The van der Waals surface area contributed by atoms with Crippen molar-refractivity contribution in [1.82, 2.24) is 0 Å². The minimum atomic E-state index is -1.33. The van der Waals surface area contributed by atoms with Crippen LogP contribution in [0.1, 0.15) is 0 Å². The van der Waals surface area contributed by atoms with E-state index >= 15 is 0 Å². The lowest BCUT2D eigenvalue weighted by atomic mass is 10.0. The minimum Gasteiger partial charge on any atom is -0.504 e. The molecule has 0 spiro atoms. The number of hydrogen-bond donors (Lipinski definition) is 6. The number of rotatable bonds is 0. The third kappa shape index (κ3) is 1.51. The van der Waals surface area contributed by atoms with Gasteiger partial charge in [-0.2, -0.15) is 0 Å². The van der Waals surface area contributed by atoms with Gasteiger partial charge in [-0.15, -0.1) is 0 Å². The fourth-order valence-electron chi connectivity index (χ4n) is 1.86. The molecule has 0 amide bonds. The number of benzene rings is 2. The molecular formula is C12H10O6. The lowest BCUT2D eigenvalue weighted by Crippen LogP contribution is -2.31. The largest absolute Gasteiger partial charge is 0.504 e. The Labute approximate surface area is 100 Å². The summed E-state index contributed by atoms with van der Waals surface area (Å²) in [6.07, 6.45) is 0. The molecule has 18 heavy (non-hydrogen) atoms. The number of aromatic hydroxyl groups is 2. The van der Waals surface area contributed by atoms with Gasteiger partial charge in [0.25, 0.3) is 11.9 Å². The van der Waals surface area contributed by atoms with Gasteiger partial charge in [0.2, 0.25) is 0 Å². The van der Waals surface area contributed by atoms with Crippen LogP contribution in [0.2, 0.25) is 0 Å². The summed E-state index contributed by atoms with van der Waals surface area (Å²) in [6.45, 7) is 0. The molecule has 0 radical (unpaired) electrons. The van der Waals surface area contributed by atoms with E-state index in [0.29, 0.717) is 0 Å². The Kier molecular flexibility index (Phi) is 2.55. The Morgan fingerprint density at radius 1 is 0.667 bits per heavy atom. The van der Waals surface area contributed by atoms with Crippen molar-refractivity contribution >= 4 is 22.7 Å². The molecule has 94 valence electrons. The number of aliphatic hydroxyl groups is 4. The van der Waals surface area contributed by atoms with Crippen molar-refractivity contribution in [2.24, 2.45) is 0 Å². The molecule has 0 saturated heterocycles. The second-order valence-corrected chi connectivity index (χ2v) is 3.64. The Bertz CT molecular complexity index is 739. The first-order chi connectivity index (χ1) is 8.45. The zero-order chi connectivity index (χ0) is 13.4. The van der Waals surface area contributed by atoms with Crippen LogP contribution < -0.4 is 10.4 Å². The summed E-state index contributed by atoms with van der Waals surface area (Å²) in [6, 6.07) is 6.00. The number of phenols is 2. The van der Waals surface area contributed by atoms with Crippen LogP contribution in [-0.2, 0) is 0 Å². The van der Waals surface area contributed by atoms with Crippen molar-refractivity contribution in [3.8, 4) is 11.5 Å². The van der Waals surface area contributed by atoms with Crippen molar-refractivity contribution in [3.05, 3.63) is 34.7 Å². The van der Waals surface area contributed by atoms with Crippen LogP contribution in [0.3, 0.4) is 0 Å². The van der Waals surface area contributed by atoms with Gasteiger partial charge in [0.1, 0.15) is 5.22 Å². The van der Waals surface area contributed by atoms with Crippen molar-refractivity contribution in [2.75, 3.05) is 0 Å². The van der Waals surface area contributed by atoms with Crippen LogP contribution in [0, 0.1) is 0 Å². The number of fused-ring (bicyclic) bond motifs is 1. The van der Waals surface area contributed by atoms with Crippen molar-refractivity contribution in [1.29, 1.82) is 0 Å². The van der Waals surface area contributed by atoms with Crippen molar-refractivity contribution < 1.29 is 30.6 Å². The minimum absolute atomic E-state index is 0.149. The van der Waals surface area contributed by atoms with Crippen LogP contribution in [0.15, 0.2) is 24.3 Å². The van der Waals surface area contributed by atoms with Gasteiger partial charge in [0.15, 0.2) is 11.5 Å². The molecule has 0 unspecified atom stereocenters. The molecule has 0 fully saturated rings. The van der Waals surface area contributed by atoms with E-state index in [1.54, 1.807) is 12.1 Å². The van der Waals surface area contributed by atoms with E-state index in [-0.39, 0.29) is 16.0 Å². The van der Waals surface area contributed by atoms with Crippen LogP contribution in [0.5, 0.6) is 11.5 Å². The van der Waals surface area contributed by atoms with Crippen LogP contribution in [0.4, 0.5) is 0 Å². The Morgan fingerprint density at radius 3 is 1.67 bits per heavy atom. The van der Waals surface area contributed by atoms with Gasteiger partial charge in [-0.05, 0) is 0 Å². The fourth-order valence-corrected chi connectivity index (χ4v) is 1.86. The maximum Gasteiger partial charge on any atom is 0.286 e. The summed E-state index contributed by atoms with van der Waals surface area (Å²) < 4.78 is 0. The van der Waals surface area contributed by atoms with Gasteiger partial charge in [0.05, 0.1) is 5.22 Å². The SMILES string of the molecule is OC(O)=c1c(O)c(O)c2ccccc2c1=C(O)O. The molecule has 2 aromatic carbocycles. The molecule has 2 rings (SSSR count). The number of phenolic OH excluding ortho intramolecular Hbond substituents is 2. The van der Waals surface area contributed by atoms with E-state index < -0.39 is 28.6 Å². The van der Waals surface area contributed by atoms with Gasteiger partial charge >= 0.3 is 0 Å². The first-order valence-corrected chi connectivity index (χ1v) is 4.92. The highest BCUT2D eigenvalue weighted by molar-refractivity contribution is 5.91. The molecule has 0 heterocycles. The first kappa shape index (κ1) is 11.7. The molecule has 6 nitrogen and oxygen atoms in total. The summed E-state index contributed by atoms with van der Waals surface area (Å²) >= 11 is 0. The quantitative estimate of drug-likeness (QED) is 0.381. The van der Waals surface area contributed by atoms with Crippen LogP contribution in [-0.4, -0.2) is 30.6 Å². The predicted octanol–water partition coefficient (Wildman–Crippen LogP) is 0.614. The molecule has 0 aliphatic rings. The van der Waals surface area contributed by atoms with Gasteiger partial charge in [-0.1, -0.05) is 24.3 Å². The predicted molar refractivity (Wildman–Crippen MR) is 63.9 cm³/mol. The van der Waals surface area contributed by atoms with Gasteiger partial charge in [-0.3, -0.25) is 0 Å². The third-order valence-corrected chi connectivity index (χ3v) is 2.61. The topological polar surface area (TPSA) is 121 Å². The van der Waals surface area contributed by atoms with E-state index in [2.05, 4.69) is 0 Å². The summed E-state index contributed by atoms with van der Waals surface area (Å²) in [5.41, 5.74) is 0. The Balaban J connectivity index is 3.34. The summed E-state index contributed by atoms with van der Waals surface area (Å²) in [4.78, 5) is 0. The van der Waals surface area contributed by atoms with Crippen molar-refractivity contribution in [3.63, 3.8) is 0 Å². The van der Waals surface area contributed by atoms with Crippen LogP contribution in [0.25, 0.3) is 22.7 Å². The molecule has 6 heteroatoms. The number of hydrogen-bond acceptors (Lipinski definition) is 6. The zero-order valence-electron chi connectivity index (χ0n) is 8.99. The first-order valence-electron chi connectivity index (χ1n) is 4.92. The van der Waals surface area contributed by atoms with E-state index in [0.717, 1.165) is 0 Å². The highest BCUT2D eigenvalue weighted by atomic mass is 16.5. The molecule has 0 bridgehead atoms. The molecule has 0 aromatic heterocycles. The average Bonchev–Trinajstić information content (AvgIpc) is 2.32. The molecule has 2 aromatic rings. The lowest BCUT2D eigenvalue weighted by molar-refractivity contribution is 0.286. The van der Waals surface area contributed by atoms with Gasteiger partial charge in [-0.25, -0.2) is 0 Å². The van der Waals surface area contributed by atoms with E-state index in [1.807, 2.05) is 0 Å². The Hall–Kier alpha value is -2.76. The monoisotopic (exact) mass is 250 g/mol. The smallest absolute Gasteiger partial charge is 0.286 e. The molecule has 6 N–H and O–H groups in total. The molecule has 0 atom stereocenters. The van der Waals surface area contributed by atoms with Crippen molar-refractivity contribution in [2.45, 2.75) is 0 Å². The third-order valence-electron chi connectivity index (χ3n) is 2.61. The highest BCUT2D eigenvalue weighted by Crippen LogP contribution is 2.28. The maximum atomic E-state index is 9.74. The van der Waals surface area contributed by atoms with E-state index in [4.69, 9.17) is 10.2 Å². The lowest BCUT2D eigenvalue weighted by Gasteiger charge is -2.06.